The van der Waals surface area contributed by atoms with E-state index in [0.29, 0.717) is 0 Å². The van der Waals surface area contributed by atoms with Crippen LogP contribution in [0.3, 0.4) is 0 Å². The molecule has 0 bridgehead atoms. The standard InChI is InChI=1S/C30H40/c1-3-5-6-8-24-11-15-26(16-12-24)28-18-20-29-21-27(17-19-30(29)22-28)25-13-9-23(7-4-2)10-14-25/h4,7,11-12,15-16,18,20,22-23,25,27H,3,5-6,8-10,13-14,17,19,21H2,1-2H3/b7-4+. The van der Waals surface area contributed by atoms with Crippen molar-refractivity contribution in [3.8, 4) is 11.1 Å². The first-order valence-corrected chi connectivity index (χ1v) is 12.6. The van der Waals surface area contributed by atoms with Crippen molar-refractivity contribution < 1.29 is 0 Å². The molecule has 1 atom stereocenters. The molecule has 0 aromatic heterocycles. The fourth-order valence-corrected chi connectivity index (χ4v) is 5.89. The number of benzene rings is 2. The third kappa shape index (κ3) is 5.26. The Morgan fingerprint density at radius 3 is 2.30 bits per heavy atom. The Morgan fingerprint density at radius 1 is 0.800 bits per heavy atom. The predicted octanol–water partition coefficient (Wildman–Crippen LogP) is 8.57. The van der Waals surface area contributed by atoms with E-state index < -0.39 is 0 Å². The van der Waals surface area contributed by atoms with Crippen molar-refractivity contribution in [1.29, 1.82) is 0 Å². The lowest BCUT2D eigenvalue weighted by Crippen LogP contribution is -2.26. The molecular weight excluding hydrogens is 360 g/mol. The van der Waals surface area contributed by atoms with Crippen LogP contribution in [-0.4, -0.2) is 0 Å². The summed E-state index contributed by atoms with van der Waals surface area (Å²) >= 11 is 0. The second-order valence-corrected chi connectivity index (χ2v) is 9.84. The van der Waals surface area contributed by atoms with Gasteiger partial charge in [-0.05, 0) is 110 Å². The van der Waals surface area contributed by atoms with Crippen LogP contribution in [0.25, 0.3) is 11.1 Å². The van der Waals surface area contributed by atoms with Gasteiger partial charge in [-0.1, -0.05) is 74.4 Å². The predicted molar refractivity (Wildman–Crippen MR) is 131 cm³/mol. The fraction of sp³-hybridized carbons (Fsp3) is 0.533. The molecule has 160 valence electrons. The van der Waals surface area contributed by atoms with Gasteiger partial charge in [0.1, 0.15) is 0 Å². The van der Waals surface area contributed by atoms with Gasteiger partial charge in [0, 0.05) is 0 Å². The highest BCUT2D eigenvalue weighted by atomic mass is 14.3. The lowest BCUT2D eigenvalue weighted by atomic mass is 9.69. The normalized spacial score (nSPS) is 24.1. The highest BCUT2D eigenvalue weighted by Gasteiger charge is 2.29. The van der Waals surface area contributed by atoms with Crippen LogP contribution in [0.5, 0.6) is 0 Å². The maximum Gasteiger partial charge on any atom is -0.0181 e. The minimum Gasteiger partial charge on any atom is -0.0914 e. The molecule has 0 N–H and O–H groups in total. The van der Waals surface area contributed by atoms with Crippen LogP contribution in [0.2, 0.25) is 0 Å². The Labute approximate surface area is 184 Å². The fourth-order valence-electron chi connectivity index (χ4n) is 5.89. The van der Waals surface area contributed by atoms with Gasteiger partial charge in [-0.3, -0.25) is 0 Å². The van der Waals surface area contributed by atoms with Gasteiger partial charge in [-0.15, -0.1) is 0 Å². The third-order valence-corrected chi connectivity index (χ3v) is 7.78. The van der Waals surface area contributed by atoms with Crippen molar-refractivity contribution in [2.75, 3.05) is 0 Å². The highest BCUT2D eigenvalue weighted by molar-refractivity contribution is 5.65. The molecule has 0 amide bonds. The summed E-state index contributed by atoms with van der Waals surface area (Å²) in [6, 6.07) is 16.6. The minimum absolute atomic E-state index is 0.850. The molecule has 0 heterocycles. The summed E-state index contributed by atoms with van der Waals surface area (Å²) in [4.78, 5) is 0. The van der Waals surface area contributed by atoms with Crippen LogP contribution in [0.4, 0.5) is 0 Å². The SMILES string of the molecule is C/C=C/C1CCC(C2CCc3cc(-c4ccc(CCCCC)cc4)ccc3C2)CC1. The molecule has 0 heteroatoms. The number of allylic oxidation sites excluding steroid dienone is 2. The maximum atomic E-state index is 2.49. The van der Waals surface area contributed by atoms with Crippen LogP contribution in [0, 0.1) is 17.8 Å². The van der Waals surface area contributed by atoms with Crippen LogP contribution < -0.4 is 0 Å². The van der Waals surface area contributed by atoms with E-state index in [-0.39, 0.29) is 0 Å². The zero-order chi connectivity index (χ0) is 20.8. The van der Waals surface area contributed by atoms with Gasteiger partial charge in [-0.25, -0.2) is 0 Å². The lowest BCUT2D eigenvalue weighted by molar-refractivity contribution is 0.206. The lowest BCUT2D eigenvalue weighted by Gasteiger charge is -2.36. The monoisotopic (exact) mass is 400 g/mol. The third-order valence-electron chi connectivity index (χ3n) is 7.78. The maximum absolute atomic E-state index is 2.49. The van der Waals surface area contributed by atoms with Gasteiger partial charge in [0.15, 0.2) is 0 Å². The quantitative estimate of drug-likeness (QED) is 0.322. The van der Waals surface area contributed by atoms with Gasteiger partial charge in [-0.2, -0.15) is 0 Å². The Bertz CT molecular complexity index is 818. The van der Waals surface area contributed by atoms with Crippen LogP contribution >= 0.6 is 0 Å². The zero-order valence-electron chi connectivity index (χ0n) is 19.2. The smallest absolute Gasteiger partial charge is 0.0181 e. The van der Waals surface area contributed by atoms with Crippen molar-refractivity contribution in [2.24, 2.45) is 17.8 Å². The van der Waals surface area contributed by atoms with Crippen molar-refractivity contribution in [3.63, 3.8) is 0 Å². The molecule has 30 heavy (non-hydrogen) atoms. The molecule has 4 rings (SSSR count). The molecule has 1 unspecified atom stereocenters. The van der Waals surface area contributed by atoms with E-state index in [0.717, 1.165) is 17.8 Å². The Morgan fingerprint density at radius 2 is 1.57 bits per heavy atom. The van der Waals surface area contributed by atoms with E-state index in [1.165, 1.54) is 87.3 Å². The van der Waals surface area contributed by atoms with Gasteiger partial charge >= 0.3 is 0 Å². The summed E-state index contributed by atoms with van der Waals surface area (Å²) < 4.78 is 0. The molecule has 2 aliphatic rings. The highest BCUT2D eigenvalue weighted by Crippen LogP contribution is 2.40. The second-order valence-electron chi connectivity index (χ2n) is 9.84. The number of aryl methyl sites for hydroxylation is 2. The molecule has 0 aliphatic heterocycles. The van der Waals surface area contributed by atoms with E-state index in [1.807, 2.05) is 0 Å². The first kappa shape index (κ1) is 21.4. The van der Waals surface area contributed by atoms with E-state index in [2.05, 4.69) is 68.5 Å². The molecule has 0 radical (unpaired) electrons. The largest absolute Gasteiger partial charge is 0.0914 e. The molecule has 0 nitrogen and oxygen atoms in total. The zero-order valence-corrected chi connectivity index (χ0v) is 19.2. The summed E-state index contributed by atoms with van der Waals surface area (Å²) in [5, 5.41) is 0. The van der Waals surface area contributed by atoms with Crippen LogP contribution in [-0.2, 0) is 19.3 Å². The molecule has 2 aliphatic carbocycles. The Balaban J connectivity index is 1.37. The van der Waals surface area contributed by atoms with Crippen molar-refractivity contribution in [1.82, 2.24) is 0 Å². The first-order chi connectivity index (χ1) is 14.8. The van der Waals surface area contributed by atoms with Gasteiger partial charge in [0.2, 0.25) is 0 Å². The van der Waals surface area contributed by atoms with Gasteiger partial charge < -0.3 is 0 Å². The first-order valence-electron chi connectivity index (χ1n) is 12.6. The van der Waals surface area contributed by atoms with Crippen LogP contribution in [0.1, 0.15) is 81.9 Å². The van der Waals surface area contributed by atoms with Crippen molar-refractivity contribution >= 4 is 0 Å². The Kier molecular flexibility index (Phi) is 7.47. The summed E-state index contributed by atoms with van der Waals surface area (Å²) in [7, 11) is 0. The van der Waals surface area contributed by atoms with Gasteiger partial charge in [0.05, 0.1) is 0 Å². The van der Waals surface area contributed by atoms with E-state index in [4.69, 9.17) is 0 Å². The molecule has 2 aromatic carbocycles. The van der Waals surface area contributed by atoms with E-state index >= 15 is 0 Å². The number of hydrogen-bond acceptors (Lipinski definition) is 0. The summed E-state index contributed by atoms with van der Waals surface area (Å²) in [6.07, 6.45) is 19.5. The average molecular weight is 401 g/mol. The number of hydrogen-bond donors (Lipinski definition) is 0. The average Bonchev–Trinajstić information content (AvgIpc) is 2.80. The molecule has 0 saturated heterocycles. The summed E-state index contributed by atoms with van der Waals surface area (Å²) in [6.45, 7) is 4.44. The van der Waals surface area contributed by atoms with Crippen molar-refractivity contribution in [2.45, 2.75) is 84.5 Å². The molecule has 0 spiro atoms. The number of rotatable bonds is 7. The topological polar surface area (TPSA) is 0 Å². The second kappa shape index (κ2) is 10.5. The molecule has 2 aromatic rings. The van der Waals surface area contributed by atoms with Crippen LogP contribution in [0.15, 0.2) is 54.6 Å². The summed E-state index contributed by atoms with van der Waals surface area (Å²) in [5.41, 5.74) is 7.50. The van der Waals surface area contributed by atoms with Crippen molar-refractivity contribution in [3.05, 3.63) is 71.3 Å². The van der Waals surface area contributed by atoms with E-state index in [9.17, 15) is 0 Å². The Hall–Kier alpha value is -1.82. The number of unbranched alkanes of at least 4 members (excludes halogenated alkanes) is 2. The van der Waals surface area contributed by atoms with E-state index in [1.54, 1.807) is 11.1 Å². The number of fused-ring (bicyclic) bond motifs is 1. The minimum atomic E-state index is 0.850. The molecule has 1 fully saturated rings. The van der Waals surface area contributed by atoms with Gasteiger partial charge in [0.25, 0.3) is 0 Å². The molecule has 1 saturated carbocycles. The summed E-state index contributed by atoms with van der Waals surface area (Å²) in [5.74, 6) is 2.72. The molecular formula is C30H40.